The van der Waals surface area contributed by atoms with E-state index in [-0.39, 0.29) is 11.9 Å². The molecule has 1 fully saturated rings. The summed E-state index contributed by atoms with van der Waals surface area (Å²) in [4.78, 5) is 17.9. The minimum atomic E-state index is -0.249. The number of hydrogen-bond donors (Lipinski definition) is 2. The van der Waals surface area contributed by atoms with Crippen molar-refractivity contribution in [1.82, 2.24) is 20.5 Å². The largest absolute Gasteiger partial charge is 0.364 e. The Bertz CT molecular complexity index is 693. The number of carbonyl (C=O) groups excluding carboxylic acids is 1. The molecule has 1 aliphatic heterocycles. The van der Waals surface area contributed by atoms with Gasteiger partial charge in [-0.25, -0.2) is 4.98 Å². The molecule has 1 aliphatic rings. The monoisotopic (exact) mass is 332 g/mol. The molecule has 2 aromatic heterocycles. The van der Waals surface area contributed by atoms with Crippen LogP contribution in [0.25, 0.3) is 0 Å². The van der Waals surface area contributed by atoms with Crippen molar-refractivity contribution in [3.63, 3.8) is 0 Å². The van der Waals surface area contributed by atoms with Gasteiger partial charge in [0.2, 0.25) is 0 Å². The third-order valence-corrected chi connectivity index (χ3v) is 4.00. The van der Waals surface area contributed by atoms with Gasteiger partial charge in [0.05, 0.1) is 5.02 Å². The fourth-order valence-electron chi connectivity index (χ4n) is 2.55. The van der Waals surface area contributed by atoms with E-state index in [0.717, 1.165) is 25.3 Å². The molecular formula is C15H17ClN6O. The van der Waals surface area contributed by atoms with Crippen LogP contribution in [0.1, 0.15) is 16.9 Å². The number of nitrogens with one attached hydrogen (secondary N) is 2. The van der Waals surface area contributed by atoms with Gasteiger partial charge in [-0.2, -0.15) is 0 Å². The van der Waals surface area contributed by atoms with Gasteiger partial charge < -0.3 is 15.5 Å². The SMILES string of the molecule is CNC(=O)c1ccc(NC2CCN(c3ncccc3Cl)C2)nn1. The predicted octanol–water partition coefficient (Wildman–Crippen LogP) is 1.58. The number of halogens is 1. The molecule has 1 amide bonds. The van der Waals surface area contributed by atoms with Crippen LogP contribution in [0.5, 0.6) is 0 Å². The summed E-state index contributed by atoms with van der Waals surface area (Å²) in [5.41, 5.74) is 0.298. The van der Waals surface area contributed by atoms with Crippen LogP contribution in [-0.4, -0.2) is 47.3 Å². The molecule has 120 valence electrons. The Morgan fingerprint density at radius 2 is 2.22 bits per heavy atom. The normalized spacial score (nSPS) is 17.1. The van der Waals surface area contributed by atoms with Crippen molar-refractivity contribution in [1.29, 1.82) is 0 Å². The highest BCUT2D eigenvalue weighted by Crippen LogP contribution is 2.26. The van der Waals surface area contributed by atoms with E-state index in [0.29, 0.717) is 16.5 Å². The second-order valence-corrected chi connectivity index (χ2v) is 5.67. The van der Waals surface area contributed by atoms with Crippen LogP contribution in [0.3, 0.4) is 0 Å². The molecule has 2 N–H and O–H groups in total. The van der Waals surface area contributed by atoms with Crippen LogP contribution in [0.15, 0.2) is 30.5 Å². The van der Waals surface area contributed by atoms with Crippen molar-refractivity contribution < 1.29 is 4.79 Å². The fourth-order valence-corrected chi connectivity index (χ4v) is 2.79. The smallest absolute Gasteiger partial charge is 0.271 e. The zero-order valence-corrected chi connectivity index (χ0v) is 13.4. The average Bonchev–Trinajstić information content (AvgIpc) is 3.03. The molecule has 1 unspecified atom stereocenters. The number of amides is 1. The van der Waals surface area contributed by atoms with E-state index in [1.807, 2.05) is 12.1 Å². The number of aromatic nitrogens is 3. The van der Waals surface area contributed by atoms with Crippen molar-refractivity contribution in [3.05, 3.63) is 41.2 Å². The van der Waals surface area contributed by atoms with E-state index in [2.05, 4.69) is 30.7 Å². The molecule has 3 rings (SSSR count). The Hall–Kier alpha value is -2.41. The summed E-state index contributed by atoms with van der Waals surface area (Å²) in [5, 5.41) is 14.5. The van der Waals surface area contributed by atoms with Gasteiger partial charge in [0.1, 0.15) is 11.6 Å². The number of nitrogens with zero attached hydrogens (tertiary/aromatic N) is 4. The number of rotatable bonds is 4. The zero-order chi connectivity index (χ0) is 16.2. The maximum absolute atomic E-state index is 11.4. The zero-order valence-electron chi connectivity index (χ0n) is 12.7. The van der Waals surface area contributed by atoms with E-state index in [4.69, 9.17) is 11.6 Å². The topological polar surface area (TPSA) is 83.0 Å². The van der Waals surface area contributed by atoms with E-state index < -0.39 is 0 Å². The Labute approximate surface area is 139 Å². The molecule has 1 atom stereocenters. The highest BCUT2D eigenvalue weighted by Gasteiger charge is 2.25. The molecule has 8 heteroatoms. The Morgan fingerprint density at radius 3 is 2.91 bits per heavy atom. The maximum atomic E-state index is 11.4. The molecule has 3 heterocycles. The van der Waals surface area contributed by atoms with Gasteiger partial charge in [-0.05, 0) is 30.7 Å². The van der Waals surface area contributed by atoms with Gasteiger partial charge in [-0.3, -0.25) is 4.79 Å². The van der Waals surface area contributed by atoms with Crippen molar-refractivity contribution in [2.24, 2.45) is 0 Å². The van der Waals surface area contributed by atoms with Crippen LogP contribution in [0.4, 0.5) is 11.6 Å². The first-order valence-corrected chi connectivity index (χ1v) is 7.73. The molecule has 0 spiro atoms. The van der Waals surface area contributed by atoms with Crippen molar-refractivity contribution in [2.75, 3.05) is 30.4 Å². The van der Waals surface area contributed by atoms with Gasteiger partial charge >= 0.3 is 0 Å². The molecule has 2 aromatic rings. The highest BCUT2D eigenvalue weighted by molar-refractivity contribution is 6.32. The van der Waals surface area contributed by atoms with Crippen LogP contribution >= 0.6 is 11.6 Å². The Balaban J connectivity index is 1.62. The molecule has 0 aliphatic carbocycles. The molecule has 1 saturated heterocycles. The van der Waals surface area contributed by atoms with Crippen LogP contribution in [0, 0.1) is 0 Å². The second-order valence-electron chi connectivity index (χ2n) is 5.27. The van der Waals surface area contributed by atoms with Crippen molar-refractivity contribution >= 4 is 29.1 Å². The molecule has 0 bridgehead atoms. The summed E-state index contributed by atoms with van der Waals surface area (Å²) in [6.45, 7) is 1.66. The number of hydrogen-bond acceptors (Lipinski definition) is 6. The summed E-state index contributed by atoms with van der Waals surface area (Å²) in [7, 11) is 1.56. The number of carbonyl (C=O) groups is 1. The van der Waals surface area contributed by atoms with Crippen molar-refractivity contribution in [3.8, 4) is 0 Å². The maximum Gasteiger partial charge on any atom is 0.271 e. The third kappa shape index (κ3) is 3.50. The van der Waals surface area contributed by atoms with Crippen LogP contribution in [0.2, 0.25) is 5.02 Å². The third-order valence-electron chi connectivity index (χ3n) is 3.70. The Morgan fingerprint density at radius 1 is 1.35 bits per heavy atom. The van der Waals surface area contributed by atoms with Gasteiger partial charge in [0.25, 0.3) is 5.91 Å². The molecule has 0 radical (unpaired) electrons. The van der Waals surface area contributed by atoms with Gasteiger partial charge in [0.15, 0.2) is 5.69 Å². The summed E-state index contributed by atoms with van der Waals surface area (Å²) < 4.78 is 0. The lowest BCUT2D eigenvalue weighted by Gasteiger charge is -2.19. The van der Waals surface area contributed by atoms with Gasteiger partial charge in [0, 0.05) is 32.4 Å². The molecule has 7 nitrogen and oxygen atoms in total. The van der Waals surface area contributed by atoms with Gasteiger partial charge in [-0.15, -0.1) is 10.2 Å². The van der Waals surface area contributed by atoms with Gasteiger partial charge in [-0.1, -0.05) is 11.6 Å². The first kappa shape index (κ1) is 15.5. The van der Waals surface area contributed by atoms with Crippen LogP contribution < -0.4 is 15.5 Å². The average molecular weight is 333 g/mol. The fraction of sp³-hybridized carbons (Fsp3) is 0.333. The molecule has 0 aromatic carbocycles. The highest BCUT2D eigenvalue weighted by atomic mass is 35.5. The van der Waals surface area contributed by atoms with E-state index in [1.165, 1.54) is 0 Å². The Kier molecular flexibility index (Phi) is 4.57. The minimum absolute atomic E-state index is 0.230. The molecule has 23 heavy (non-hydrogen) atoms. The standard InChI is InChI=1S/C15H17ClN6O/c1-17-15(23)12-4-5-13(21-20-12)19-10-6-8-22(9-10)14-11(16)3-2-7-18-14/h2-5,7,10H,6,8-9H2,1H3,(H,17,23)(H,19,21). The minimum Gasteiger partial charge on any atom is -0.364 e. The predicted molar refractivity (Wildman–Crippen MR) is 88.9 cm³/mol. The summed E-state index contributed by atoms with van der Waals surface area (Å²) >= 11 is 6.19. The van der Waals surface area contributed by atoms with E-state index in [1.54, 1.807) is 25.4 Å². The number of anilines is 2. The second kappa shape index (κ2) is 6.78. The molecular weight excluding hydrogens is 316 g/mol. The van der Waals surface area contributed by atoms with Crippen LogP contribution in [-0.2, 0) is 0 Å². The lowest BCUT2D eigenvalue weighted by molar-refractivity contribution is 0.0957. The number of pyridine rings is 1. The summed E-state index contributed by atoms with van der Waals surface area (Å²) in [6, 6.07) is 7.30. The first-order chi connectivity index (χ1) is 11.2. The van der Waals surface area contributed by atoms with E-state index >= 15 is 0 Å². The first-order valence-electron chi connectivity index (χ1n) is 7.35. The van der Waals surface area contributed by atoms with E-state index in [9.17, 15) is 4.79 Å². The summed E-state index contributed by atoms with van der Waals surface area (Å²) in [6.07, 6.45) is 2.69. The quantitative estimate of drug-likeness (QED) is 0.884. The lowest BCUT2D eigenvalue weighted by atomic mass is 10.2. The lowest BCUT2D eigenvalue weighted by Crippen LogP contribution is -2.27. The summed E-state index contributed by atoms with van der Waals surface area (Å²) in [5.74, 6) is 1.21. The molecule has 0 saturated carbocycles. The van der Waals surface area contributed by atoms with Crippen molar-refractivity contribution in [2.45, 2.75) is 12.5 Å².